The summed E-state index contributed by atoms with van der Waals surface area (Å²) in [6.45, 7) is 4.67. The van der Waals surface area contributed by atoms with Crippen LogP contribution in [0.4, 0.5) is 0 Å². The van der Waals surface area contributed by atoms with Gasteiger partial charge >= 0.3 is 0 Å². The predicted octanol–water partition coefficient (Wildman–Crippen LogP) is 10.7. The zero-order valence-corrected chi connectivity index (χ0v) is 26.6. The lowest BCUT2D eigenvalue weighted by molar-refractivity contribution is 0.484. The second-order valence-electron chi connectivity index (χ2n) is 12.7. The normalized spacial score (nSPS) is 13.8. The molecule has 10 rings (SSSR count). The van der Waals surface area contributed by atoms with Crippen molar-refractivity contribution in [2.75, 3.05) is 0 Å². The van der Waals surface area contributed by atoms with E-state index < -0.39 is 0 Å². The van der Waals surface area contributed by atoms with E-state index in [1.165, 1.54) is 37.1 Å². The molecule has 0 atom stereocenters. The first kappa shape index (κ1) is 26.6. The molecular weight excluding hydrogens is 597 g/mol. The molecule has 0 saturated carbocycles. The van der Waals surface area contributed by atoms with Gasteiger partial charge in [0.25, 0.3) is 0 Å². The van der Waals surface area contributed by atoms with Crippen molar-refractivity contribution in [3.05, 3.63) is 145 Å². The Bertz CT molecular complexity index is 2720. The van der Waals surface area contributed by atoms with Crippen LogP contribution < -0.4 is 4.74 Å². The number of benzene rings is 5. The van der Waals surface area contributed by atoms with Crippen molar-refractivity contribution in [3.8, 4) is 17.3 Å². The van der Waals surface area contributed by atoms with Crippen LogP contribution in [0.1, 0.15) is 25.0 Å². The molecule has 0 saturated heterocycles. The Hall–Kier alpha value is -5.59. The van der Waals surface area contributed by atoms with E-state index in [1.807, 2.05) is 42.5 Å². The monoisotopic (exact) mass is 624 g/mol. The average Bonchev–Trinajstić information content (AvgIpc) is 3.73. The molecule has 5 aromatic carbocycles. The molecule has 0 spiro atoms. The van der Waals surface area contributed by atoms with Crippen molar-refractivity contribution in [1.82, 2.24) is 18.9 Å². The number of nitrogens with zero attached hydrogens (tertiary/aromatic N) is 4. The molecule has 0 unspecified atom stereocenters. The van der Waals surface area contributed by atoms with Gasteiger partial charge in [-0.1, -0.05) is 74.1 Å². The Morgan fingerprint density at radius 2 is 1.43 bits per heavy atom. The van der Waals surface area contributed by atoms with Gasteiger partial charge in [-0.3, -0.25) is 8.97 Å². The molecule has 9 aromatic rings. The van der Waals surface area contributed by atoms with Crippen molar-refractivity contribution >= 4 is 60.9 Å². The van der Waals surface area contributed by atoms with Crippen molar-refractivity contribution in [2.45, 2.75) is 29.1 Å². The molecule has 0 bridgehead atoms. The minimum absolute atomic E-state index is 0.116. The Labute approximate surface area is 275 Å². The molecule has 1 aliphatic heterocycles. The highest BCUT2D eigenvalue weighted by Gasteiger charge is 2.35. The maximum Gasteiger partial charge on any atom is 0.145 e. The summed E-state index contributed by atoms with van der Waals surface area (Å²) in [5.41, 5.74) is 6.86. The number of ether oxygens (including phenoxy) is 1. The van der Waals surface area contributed by atoms with Crippen molar-refractivity contribution in [3.63, 3.8) is 0 Å². The summed E-state index contributed by atoms with van der Waals surface area (Å²) in [7, 11) is 0. The first-order valence-electron chi connectivity index (χ1n) is 15.8. The first-order valence-corrected chi connectivity index (χ1v) is 16.6. The molecule has 5 heterocycles. The van der Waals surface area contributed by atoms with E-state index in [2.05, 4.69) is 126 Å². The van der Waals surface area contributed by atoms with Crippen LogP contribution in [0.25, 0.3) is 54.9 Å². The molecular formula is C41H28N4OS. The van der Waals surface area contributed by atoms with Crippen LogP contribution in [0.5, 0.6) is 11.5 Å². The third-order valence-corrected chi connectivity index (χ3v) is 10.9. The number of aromatic nitrogens is 4. The van der Waals surface area contributed by atoms with Gasteiger partial charge in [0.05, 0.1) is 16.6 Å². The minimum Gasteiger partial charge on any atom is -0.457 e. The fourth-order valence-electron chi connectivity index (χ4n) is 7.53. The van der Waals surface area contributed by atoms with Gasteiger partial charge in [0, 0.05) is 61.4 Å². The van der Waals surface area contributed by atoms with Gasteiger partial charge in [-0.05, 0) is 77.2 Å². The zero-order chi connectivity index (χ0) is 31.3. The van der Waals surface area contributed by atoms with E-state index in [0.717, 1.165) is 50.3 Å². The number of fused-ring (bicyclic) bond motifs is 12. The van der Waals surface area contributed by atoms with Crippen LogP contribution in [0.15, 0.2) is 144 Å². The Kier molecular flexibility index (Phi) is 5.50. The topological polar surface area (TPSA) is 44.4 Å². The average molecular weight is 625 g/mol. The summed E-state index contributed by atoms with van der Waals surface area (Å²) in [6.07, 6.45) is 5.73. The van der Waals surface area contributed by atoms with E-state index in [-0.39, 0.29) is 5.41 Å². The van der Waals surface area contributed by atoms with E-state index in [0.29, 0.717) is 0 Å². The zero-order valence-electron chi connectivity index (χ0n) is 25.8. The molecule has 6 heteroatoms. The van der Waals surface area contributed by atoms with Gasteiger partial charge in [-0.25, -0.2) is 9.97 Å². The Morgan fingerprint density at radius 3 is 2.32 bits per heavy atom. The molecule has 0 amide bonds. The fraction of sp³-hybridized carbons (Fsp3) is 0.0732. The number of rotatable bonds is 3. The lowest BCUT2D eigenvalue weighted by Gasteiger charge is -2.35. The summed E-state index contributed by atoms with van der Waals surface area (Å²) < 4.78 is 11.1. The standard InChI is InChI=1S/C41H28N4OS/c1-41(2)31-10-4-6-12-36(31)47-39-32(41)18-19-34-38(39)29-17-15-26(24-35(29)45(34)37-13-7-8-20-42-37)46-25-14-16-27-28-9-3-5-11-33(28)44-22-21-43-40(44)30(27)23-25/h3-24H,1-2H3. The van der Waals surface area contributed by atoms with Gasteiger partial charge < -0.3 is 4.74 Å². The number of hydrogen-bond acceptors (Lipinski definition) is 4. The molecule has 5 nitrogen and oxygen atoms in total. The van der Waals surface area contributed by atoms with E-state index in [4.69, 9.17) is 14.7 Å². The minimum atomic E-state index is -0.116. The van der Waals surface area contributed by atoms with E-state index in [9.17, 15) is 0 Å². The third kappa shape index (κ3) is 3.79. The molecule has 4 aromatic heterocycles. The van der Waals surface area contributed by atoms with Crippen LogP contribution >= 0.6 is 11.8 Å². The Morgan fingerprint density at radius 1 is 0.617 bits per heavy atom. The third-order valence-electron chi connectivity index (χ3n) is 9.74. The van der Waals surface area contributed by atoms with E-state index in [1.54, 1.807) is 0 Å². The molecule has 0 aliphatic carbocycles. The maximum atomic E-state index is 6.64. The molecule has 1 aliphatic rings. The van der Waals surface area contributed by atoms with Crippen molar-refractivity contribution in [1.29, 1.82) is 0 Å². The van der Waals surface area contributed by atoms with Gasteiger partial charge in [-0.15, -0.1) is 0 Å². The summed E-state index contributed by atoms with van der Waals surface area (Å²) >= 11 is 1.87. The molecule has 0 radical (unpaired) electrons. The highest BCUT2D eigenvalue weighted by Crippen LogP contribution is 2.53. The van der Waals surface area contributed by atoms with E-state index >= 15 is 0 Å². The van der Waals surface area contributed by atoms with Crippen LogP contribution in [0, 0.1) is 0 Å². The quantitative estimate of drug-likeness (QED) is 0.184. The molecule has 224 valence electrons. The number of imidazole rings is 1. The maximum absolute atomic E-state index is 6.64. The smallest absolute Gasteiger partial charge is 0.145 e. The first-order chi connectivity index (χ1) is 23.1. The highest BCUT2D eigenvalue weighted by molar-refractivity contribution is 7.99. The van der Waals surface area contributed by atoms with Crippen LogP contribution in [0.2, 0.25) is 0 Å². The lowest BCUT2D eigenvalue weighted by atomic mass is 9.77. The highest BCUT2D eigenvalue weighted by atomic mass is 32.2. The number of pyridine rings is 2. The van der Waals surface area contributed by atoms with Crippen LogP contribution in [-0.4, -0.2) is 18.9 Å². The predicted molar refractivity (Wildman–Crippen MR) is 192 cm³/mol. The molecule has 0 N–H and O–H groups in total. The van der Waals surface area contributed by atoms with Crippen LogP contribution in [-0.2, 0) is 5.41 Å². The molecule has 47 heavy (non-hydrogen) atoms. The lowest BCUT2D eigenvalue weighted by Crippen LogP contribution is -2.23. The fourth-order valence-corrected chi connectivity index (χ4v) is 9.08. The second kappa shape index (κ2) is 9.71. The van der Waals surface area contributed by atoms with Crippen LogP contribution in [0.3, 0.4) is 0 Å². The largest absolute Gasteiger partial charge is 0.457 e. The van der Waals surface area contributed by atoms with Gasteiger partial charge in [0.1, 0.15) is 23.0 Å². The summed E-state index contributed by atoms with van der Waals surface area (Å²) in [6, 6.07) is 40.7. The van der Waals surface area contributed by atoms with Gasteiger partial charge in [0.2, 0.25) is 0 Å². The summed E-state index contributed by atoms with van der Waals surface area (Å²) in [4.78, 5) is 12.1. The van der Waals surface area contributed by atoms with Gasteiger partial charge in [0.15, 0.2) is 0 Å². The second-order valence-corrected chi connectivity index (χ2v) is 13.8. The van der Waals surface area contributed by atoms with Crippen molar-refractivity contribution in [2.24, 2.45) is 0 Å². The SMILES string of the molecule is CC1(C)c2ccccc2Sc2c1ccc1c2c2ccc(Oc3ccc4c5ccccc5n5ccnc5c4c3)cc2n1-c1ccccn1. The summed E-state index contributed by atoms with van der Waals surface area (Å²) in [5.74, 6) is 2.41. The number of hydrogen-bond donors (Lipinski definition) is 0. The Balaban J connectivity index is 1.17. The molecule has 0 fully saturated rings. The number of para-hydroxylation sites is 1. The van der Waals surface area contributed by atoms with Gasteiger partial charge in [-0.2, -0.15) is 0 Å². The van der Waals surface area contributed by atoms with Crippen molar-refractivity contribution < 1.29 is 4.74 Å². The summed E-state index contributed by atoms with van der Waals surface area (Å²) in [5, 5.41) is 5.83.